The number of rotatable bonds is 1. The molecular formula is C10H10N2S. The lowest BCUT2D eigenvalue weighted by molar-refractivity contribution is 0.924. The quantitative estimate of drug-likeness (QED) is 0.683. The summed E-state index contributed by atoms with van der Waals surface area (Å²) in [7, 11) is 1.98. The zero-order valence-corrected chi connectivity index (χ0v) is 8.20. The van der Waals surface area contributed by atoms with Crippen molar-refractivity contribution in [2.24, 2.45) is 7.05 Å². The Balaban J connectivity index is 2.47. The normalized spacial score (nSPS) is 10.3. The standard InChI is InChI=1S/C10H10N2S/c1-12-7-6-11-10(12)8-2-4-9(13)5-3-8/h2-7,13H,1H3. The fourth-order valence-corrected chi connectivity index (χ4v) is 1.40. The topological polar surface area (TPSA) is 17.8 Å². The minimum Gasteiger partial charge on any atom is -0.334 e. The van der Waals surface area contributed by atoms with E-state index in [0.29, 0.717) is 0 Å². The number of imidazole rings is 1. The van der Waals surface area contributed by atoms with Crippen molar-refractivity contribution < 1.29 is 0 Å². The van der Waals surface area contributed by atoms with E-state index in [1.54, 1.807) is 6.20 Å². The highest BCUT2D eigenvalue weighted by Crippen LogP contribution is 2.18. The summed E-state index contributed by atoms with van der Waals surface area (Å²) in [6.07, 6.45) is 3.73. The predicted molar refractivity (Wildman–Crippen MR) is 55.9 cm³/mol. The number of nitrogens with zero attached hydrogens (tertiary/aromatic N) is 2. The van der Waals surface area contributed by atoms with E-state index in [0.717, 1.165) is 16.3 Å². The Bertz CT molecular complexity index is 403. The van der Waals surface area contributed by atoms with E-state index in [1.165, 1.54) is 0 Å². The Labute approximate surface area is 82.6 Å². The second-order valence-electron chi connectivity index (χ2n) is 2.91. The van der Waals surface area contributed by atoms with Gasteiger partial charge < -0.3 is 4.57 Å². The average Bonchev–Trinajstić information content (AvgIpc) is 2.53. The van der Waals surface area contributed by atoms with Gasteiger partial charge in [-0.3, -0.25) is 0 Å². The largest absolute Gasteiger partial charge is 0.334 e. The Kier molecular flexibility index (Phi) is 2.10. The van der Waals surface area contributed by atoms with Gasteiger partial charge in [0.25, 0.3) is 0 Å². The minimum atomic E-state index is 0.970. The highest BCUT2D eigenvalue weighted by atomic mass is 32.1. The number of aromatic nitrogens is 2. The van der Waals surface area contributed by atoms with Gasteiger partial charge in [0, 0.05) is 29.9 Å². The van der Waals surface area contributed by atoms with E-state index in [-0.39, 0.29) is 0 Å². The molecule has 1 aromatic heterocycles. The van der Waals surface area contributed by atoms with Gasteiger partial charge in [0.1, 0.15) is 5.82 Å². The Morgan fingerprint density at radius 1 is 1.23 bits per heavy atom. The minimum absolute atomic E-state index is 0.970. The summed E-state index contributed by atoms with van der Waals surface area (Å²) in [6, 6.07) is 7.97. The third-order valence-electron chi connectivity index (χ3n) is 1.95. The van der Waals surface area contributed by atoms with Crippen molar-refractivity contribution in [3.63, 3.8) is 0 Å². The van der Waals surface area contributed by atoms with Gasteiger partial charge in [-0.05, 0) is 12.1 Å². The van der Waals surface area contributed by atoms with Crippen LogP contribution in [0.1, 0.15) is 0 Å². The van der Waals surface area contributed by atoms with Crippen molar-refractivity contribution >= 4 is 12.6 Å². The molecule has 0 amide bonds. The molecule has 0 saturated carbocycles. The fourth-order valence-electron chi connectivity index (χ4n) is 1.25. The molecule has 0 radical (unpaired) electrons. The van der Waals surface area contributed by atoms with Crippen LogP contribution in [0.5, 0.6) is 0 Å². The van der Waals surface area contributed by atoms with Gasteiger partial charge in [0.05, 0.1) is 0 Å². The van der Waals surface area contributed by atoms with Crippen molar-refractivity contribution in [2.75, 3.05) is 0 Å². The van der Waals surface area contributed by atoms with Crippen molar-refractivity contribution in [1.29, 1.82) is 0 Å². The van der Waals surface area contributed by atoms with Crippen molar-refractivity contribution in [3.8, 4) is 11.4 Å². The number of hydrogen-bond donors (Lipinski definition) is 1. The van der Waals surface area contributed by atoms with Crippen LogP contribution in [0.15, 0.2) is 41.6 Å². The monoisotopic (exact) mass is 190 g/mol. The van der Waals surface area contributed by atoms with Crippen LogP contribution in [0.3, 0.4) is 0 Å². The van der Waals surface area contributed by atoms with Crippen LogP contribution >= 0.6 is 12.6 Å². The van der Waals surface area contributed by atoms with E-state index >= 15 is 0 Å². The molecule has 0 N–H and O–H groups in total. The maximum Gasteiger partial charge on any atom is 0.139 e. The van der Waals surface area contributed by atoms with Gasteiger partial charge >= 0.3 is 0 Å². The van der Waals surface area contributed by atoms with Crippen LogP contribution < -0.4 is 0 Å². The van der Waals surface area contributed by atoms with Crippen LogP contribution in [0.25, 0.3) is 11.4 Å². The molecule has 13 heavy (non-hydrogen) atoms. The molecule has 0 aliphatic heterocycles. The zero-order chi connectivity index (χ0) is 9.26. The van der Waals surface area contributed by atoms with Crippen LogP contribution in [-0.4, -0.2) is 9.55 Å². The summed E-state index contributed by atoms with van der Waals surface area (Å²) in [6.45, 7) is 0. The molecule has 0 aliphatic carbocycles. The fraction of sp³-hybridized carbons (Fsp3) is 0.100. The number of benzene rings is 1. The first-order valence-electron chi connectivity index (χ1n) is 4.04. The van der Waals surface area contributed by atoms with E-state index in [2.05, 4.69) is 17.6 Å². The number of aryl methyl sites for hydroxylation is 1. The molecule has 0 unspecified atom stereocenters. The molecule has 0 aliphatic rings. The lowest BCUT2D eigenvalue weighted by atomic mass is 10.2. The number of hydrogen-bond acceptors (Lipinski definition) is 2. The molecule has 2 aromatic rings. The number of thiol groups is 1. The summed E-state index contributed by atoms with van der Waals surface area (Å²) >= 11 is 4.23. The first-order valence-corrected chi connectivity index (χ1v) is 4.49. The lowest BCUT2D eigenvalue weighted by Crippen LogP contribution is -1.90. The summed E-state index contributed by atoms with van der Waals surface area (Å²) in [5.41, 5.74) is 1.12. The highest BCUT2D eigenvalue weighted by Gasteiger charge is 2.01. The Morgan fingerprint density at radius 2 is 1.92 bits per heavy atom. The molecule has 1 heterocycles. The van der Waals surface area contributed by atoms with Gasteiger partial charge in [-0.15, -0.1) is 12.6 Å². The second kappa shape index (κ2) is 3.26. The van der Waals surface area contributed by atoms with Crippen molar-refractivity contribution in [1.82, 2.24) is 9.55 Å². The van der Waals surface area contributed by atoms with E-state index in [9.17, 15) is 0 Å². The van der Waals surface area contributed by atoms with E-state index in [4.69, 9.17) is 0 Å². The zero-order valence-electron chi connectivity index (χ0n) is 7.31. The molecule has 0 fully saturated rings. The molecule has 0 atom stereocenters. The van der Waals surface area contributed by atoms with Crippen LogP contribution in [0.2, 0.25) is 0 Å². The molecule has 0 saturated heterocycles. The van der Waals surface area contributed by atoms with Gasteiger partial charge in [0.15, 0.2) is 0 Å². The molecular weight excluding hydrogens is 180 g/mol. The summed E-state index contributed by atoms with van der Waals surface area (Å²) in [5, 5.41) is 0. The molecule has 0 bridgehead atoms. The summed E-state index contributed by atoms with van der Waals surface area (Å²) in [5.74, 6) is 0.980. The molecule has 0 spiro atoms. The highest BCUT2D eigenvalue weighted by molar-refractivity contribution is 7.80. The Hall–Kier alpha value is -1.22. The molecule has 3 heteroatoms. The summed E-state index contributed by atoms with van der Waals surface area (Å²) in [4.78, 5) is 5.22. The first-order chi connectivity index (χ1) is 6.27. The van der Waals surface area contributed by atoms with E-state index in [1.807, 2.05) is 42.1 Å². The summed E-state index contributed by atoms with van der Waals surface area (Å²) < 4.78 is 1.99. The van der Waals surface area contributed by atoms with Gasteiger partial charge in [-0.2, -0.15) is 0 Å². The van der Waals surface area contributed by atoms with Gasteiger partial charge in [-0.1, -0.05) is 12.1 Å². The maximum absolute atomic E-state index is 4.25. The molecule has 2 rings (SSSR count). The van der Waals surface area contributed by atoms with Gasteiger partial charge in [0.2, 0.25) is 0 Å². The third-order valence-corrected chi connectivity index (χ3v) is 2.24. The second-order valence-corrected chi connectivity index (χ2v) is 3.43. The van der Waals surface area contributed by atoms with Crippen molar-refractivity contribution in [2.45, 2.75) is 4.90 Å². The van der Waals surface area contributed by atoms with Crippen LogP contribution in [0.4, 0.5) is 0 Å². The van der Waals surface area contributed by atoms with Crippen LogP contribution in [-0.2, 0) is 7.05 Å². The predicted octanol–water partition coefficient (Wildman–Crippen LogP) is 2.38. The average molecular weight is 190 g/mol. The SMILES string of the molecule is Cn1ccnc1-c1ccc(S)cc1. The van der Waals surface area contributed by atoms with Gasteiger partial charge in [-0.25, -0.2) is 4.98 Å². The third kappa shape index (κ3) is 1.60. The smallest absolute Gasteiger partial charge is 0.139 e. The maximum atomic E-state index is 4.25. The van der Waals surface area contributed by atoms with Crippen molar-refractivity contribution in [3.05, 3.63) is 36.7 Å². The van der Waals surface area contributed by atoms with Crippen LogP contribution in [0, 0.1) is 0 Å². The molecule has 1 aromatic carbocycles. The van der Waals surface area contributed by atoms with E-state index < -0.39 is 0 Å². The molecule has 2 nitrogen and oxygen atoms in total. The first kappa shape index (κ1) is 8.38. The lowest BCUT2D eigenvalue weighted by Gasteiger charge is -2.01. The Morgan fingerprint density at radius 3 is 2.46 bits per heavy atom. The molecule has 66 valence electrons.